The molecule has 0 amide bonds. The minimum Gasteiger partial charge on any atom is -0.465 e. The van der Waals surface area contributed by atoms with Crippen LogP contribution in [0.4, 0.5) is 0 Å². The molecule has 0 radical (unpaired) electrons. The summed E-state index contributed by atoms with van der Waals surface area (Å²) in [6, 6.07) is 3.14. The minimum absolute atomic E-state index is 0.139. The highest BCUT2D eigenvalue weighted by atomic mass is 35.5. The van der Waals surface area contributed by atoms with Gasteiger partial charge in [-0.1, -0.05) is 11.6 Å². The standard InChI is InChI=1S/C12H9ClO4/c1-6-3-10-7(4-9(6)13)11(14)8(5-17-10)12(15)16-2/h3-5H,1-2H3. The number of carbonyl (C=O) groups excluding carboxylic acids is 1. The minimum atomic E-state index is -0.725. The highest BCUT2D eigenvalue weighted by Crippen LogP contribution is 2.21. The monoisotopic (exact) mass is 252 g/mol. The molecule has 0 N–H and O–H groups in total. The topological polar surface area (TPSA) is 56.5 Å². The highest BCUT2D eigenvalue weighted by Gasteiger charge is 2.15. The van der Waals surface area contributed by atoms with Gasteiger partial charge >= 0.3 is 5.97 Å². The summed E-state index contributed by atoms with van der Waals surface area (Å²) in [6.45, 7) is 1.80. The first-order valence-electron chi connectivity index (χ1n) is 4.84. The van der Waals surface area contributed by atoms with Gasteiger partial charge in [-0.15, -0.1) is 0 Å². The van der Waals surface area contributed by atoms with Crippen LogP contribution in [-0.2, 0) is 4.74 Å². The van der Waals surface area contributed by atoms with Gasteiger partial charge in [0.05, 0.1) is 12.5 Å². The van der Waals surface area contributed by atoms with Gasteiger partial charge < -0.3 is 9.15 Å². The van der Waals surface area contributed by atoms with Crippen molar-refractivity contribution in [3.8, 4) is 0 Å². The summed E-state index contributed by atoms with van der Waals surface area (Å²) in [7, 11) is 1.20. The van der Waals surface area contributed by atoms with E-state index in [9.17, 15) is 9.59 Å². The molecule has 0 bridgehead atoms. The summed E-state index contributed by atoms with van der Waals surface area (Å²) < 4.78 is 9.71. The zero-order valence-electron chi connectivity index (χ0n) is 9.24. The van der Waals surface area contributed by atoms with E-state index in [0.717, 1.165) is 11.8 Å². The molecule has 0 aliphatic rings. The fraction of sp³-hybridized carbons (Fsp3) is 0.167. The van der Waals surface area contributed by atoms with E-state index < -0.39 is 11.4 Å². The van der Waals surface area contributed by atoms with Crippen LogP contribution in [0.5, 0.6) is 0 Å². The molecule has 0 fully saturated rings. The van der Waals surface area contributed by atoms with Crippen molar-refractivity contribution in [2.45, 2.75) is 6.92 Å². The van der Waals surface area contributed by atoms with Crippen LogP contribution in [0.2, 0.25) is 5.02 Å². The van der Waals surface area contributed by atoms with Gasteiger partial charge in [0.25, 0.3) is 0 Å². The van der Waals surface area contributed by atoms with E-state index in [4.69, 9.17) is 16.0 Å². The number of halogens is 1. The summed E-state index contributed by atoms with van der Waals surface area (Å²) in [4.78, 5) is 23.3. The van der Waals surface area contributed by atoms with E-state index in [-0.39, 0.29) is 10.9 Å². The molecule has 0 unspecified atom stereocenters. The molecule has 0 aliphatic carbocycles. The first kappa shape index (κ1) is 11.7. The molecular formula is C12H9ClO4. The Balaban J connectivity index is 2.80. The predicted molar refractivity (Wildman–Crippen MR) is 63.6 cm³/mol. The van der Waals surface area contributed by atoms with Crippen molar-refractivity contribution in [3.05, 3.63) is 44.8 Å². The fourth-order valence-electron chi connectivity index (χ4n) is 1.50. The van der Waals surface area contributed by atoms with Crippen LogP contribution in [-0.4, -0.2) is 13.1 Å². The first-order valence-corrected chi connectivity index (χ1v) is 5.22. The van der Waals surface area contributed by atoms with Gasteiger partial charge in [0.2, 0.25) is 5.43 Å². The van der Waals surface area contributed by atoms with Crippen LogP contribution < -0.4 is 5.43 Å². The third-order valence-electron chi connectivity index (χ3n) is 2.46. The summed E-state index contributed by atoms with van der Waals surface area (Å²) >= 11 is 5.93. The van der Waals surface area contributed by atoms with Crippen molar-refractivity contribution >= 4 is 28.5 Å². The molecule has 0 atom stereocenters. The molecule has 4 nitrogen and oxygen atoms in total. The maximum Gasteiger partial charge on any atom is 0.345 e. The lowest BCUT2D eigenvalue weighted by atomic mass is 10.1. The average Bonchev–Trinajstić information content (AvgIpc) is 2.31. The zero-order valence-corrected chi connectivity index (χ0v) is 10.00. The molecule has 0 spiro atoms. The summed E-state index contributed by atoms with van der Waals surface area (Å²) in [5, 5.41) is 0.718. The summed E-state index contributed by atoms with van der Waals surface area (Å²) in [5.41, 5.74) is 0.609. The zero-order chi connectivity index (χ0) is 12.6. The molecular weight excluding hydrogens is 244 g/mol. The van der Waals surface area contributed by atoms with Crippen molar-refractivity contribution in [3.63, 3.8) is 0 Å². The van der Waals surface area contributed by atoms with E-state index in [1.165, 1.54) is 13.2 Å². The average molecular weight is 253 g/mol. The number of esters is 1. The van der Waals surface area contributed by atoms with Gasteiger partial charge in [0.1, 0.15) is 17.4 Å². The lowest BCUT2D eigenvalue weighted by Gasteiger charge is -2.03. The third-order valence-corrected chi connectivity index (χ3v) is 2.87. The van der Waals surface area contributed by atoms with Gasteiger partial charge in [-0.05, 0) is 24.6 Å². The lowest BCUT2D eigenvalue weighted by Crippen LogP contribution is -2.15. The molecule has 1 aromatic carbocycles. The predicted octanol–water partition coefficient (Wildman–Crippen LogP) is 2.54. The molecule has 2 aromatic rings. The molecule has 0 saturated carbocycles. The Labute approximate surface area is 102 Å². The van der Waals surface area contributed by atoms with Gasteiger partial charge in [0.15, 0.2) is 0 Å². The smallest absolute Gasteiger partial charge is 0.345 e. The van der Waals surface area contributed by atoms with Crippen LogP contribution in [0.3, 0.4) is 0 Å². The van der Waals surface area contributed by atoms with E-state index in [1.54, 1.807) is 13.0 Å². The van der Waals surface area contributed by atoms with Crippen LogP contribution >= 0.6 is 11.6 Å². The maximum atomic E-state index is 12.0. The van der Waals surface area contributed by atoms with Crippen molar-refractivity contribution in [2.24, 2.45) is 0 Å². The summed E-state index contributed by atoms with van der Waals surface area (Å²) in [6.07, 6.45) is 1.10. The highest BCUT2D eigenvalue weighted by molar-refractivity contribution is 6.32. The Kier molecular flexibility index (Phi) is 2.90. The Hall–Kier alpha value is -1.81. The van der Waals surface area contributed by atoms with Crippen molar-refractivity contribution < 1.29 is 13.9 Å². The van der Waals surface area contributed by atoms with E-state index in [0.29, 0.717) is 10.6 Å². The Morgan fingerprint density at radius 1 is 1.41 bits per heavy atom. The molecule has 5 heteroatoms. The number of aryl methyl sites for hydroxylation is 1. The van der Waals surface area contributed by atoms with Gasteiger partial charge in [0, 0.05) is 5.02 Å². The number of hydrogen-bond donors (Lipinski definition) is 0. The SMILES string of the molecule is COC(=O)c1coc2cc(C)c(Cl)cc2c1=O. The second kappa shape index (κ2) is 4.22. The van der Waals surface area contributed by atoms with Crippen molar-refractivity contribution in [1.29, 1.82) is 0 Å². The quantitative estimate of drug-likeness (QED) is 0.732. The molecule has 2 rings (SSSR count). The van der Waals surface area contributed by atoms with E-state index in [2.05, 4.69) is 4.74 Å². The Morgan fingerprint density at radius 2 is 2.12 bits per heavy atom. The number of hydrogen-bond acceptors (Lipinski definition) is 4. The molecule has 0 aliphatic heterocycles. The molecule has 88 valence electrons. The second-order valence-corrected chi connectivity index (χ2v) is 3.97. The molecule has 1 heterocycles. The van der Waals surface area contributed by atoms with E-state index in [1.807, 2.05) is 0 Å². The normalized spacial score (nSPS) is 10.5. The number of carbonyl (C=O) groups is 1. The fourth-order valence-corrected chi connectivity index (χ4v) is 1.67. The van der Waals surface area contributed by atoms with Crippen molar-refractivity contribution in [2.75, 3.05) is 7.11 Å². The first-order chi connectivity index (χ1) is 8.04. The number of benzene rings is 1. The molecule has 1 aromatic heterocycles. The van der Waals surface area contributed by atoms with Crippen LogP contribution in [0.25, 0.3) is 11.0 Å². The molecule has 0 saturated heterocycles. The third kappa shape index (κ3) is 1.91. The molecule has 17 heavy (non-hydrogen) atoms. The van der Waals surface area contributed by atoms with Crippen LogP contribution in [0.15, 0.2) is 27.6 Å². The van der Waals surface area contributed by atoms with E-state index >= 15 is 0 Å². The van der Waals surface area contributed by atoms with Gasteiger partial charge in [-0.2, -0.15) is 0 Å². The Bertz CT molecular complexity index is 657. The van der Waals surface area contributed by atoms with Gasteiger partial charge in [-0.25, -0.2) is 4.79 Å². The Morgan fingerprint density at radius 3 is 2.76 bits per heavy atom. The summed E-state index contributed by atoms with van der Waals surface area (Å²) in [5.74, 6) is -0.725. The second-order valence-electron chi connectivity index (χ2n) is 3.57. The lowest BCUT2D eigenvalue weighted by molar-refractivity contribution is 0.0597. The van der Waals surface area contributed by atoms with Crippen LogP contribution in [0, 0.1) is 6.92 Å². The number of ether oxygens (including phenoxy) is 1. The van der Waals surface area contributed by atoms with Gasteiger partial charge in [-0.3, -0.25) is 4.79 Å². The number of methoxy groups -OCH3 is 1. The maximum absolute atomic E-state index is 12.0. The van der Waals surface area contributed by atoms with Crippen LogP contribution in [0.1, 0.15) is 15.9 Å². The van der Waals surface area contributed by atoms with Crippen molar-refractivity contribution in [1.82, 2.24) is 0 Å². The number of fused-ring (bicyclic) bond motifs is 1. The largest absolute Gasteiger partial charge is 0.465 e. The number of rotatable bonds is 1.